The van der Waals surface area contributed by atoms with Crippen molar-refractivity contribution in [3.63, 3.8) is 0 Å². The van der Waals surface area contributed by atoms with Gasteiger partial charge < -0.3 is 5.11 Å². The molecule has 14 heavy (non-hydrogen) atoms. The van der Waals surface area contributed by atoms with Crippen LogP contribution < -0.4 is 5.32 Å². The number of hydrogen-bond acceptors (Lipinski definition) is 2. The number of hydrogen-bond donors (Lipinski definition) is 2. The van der Waals surface area contributed by atoms with Gasteiger partial charge in [-0.1, -0.05) is 12.1 Å². The Morgan fingerprint density at radius 2 is 2.21 bits per heavy atom. The molecule has 0 bridgehead atoms. The molecule has 0 spiro atoms. The van der Waals surface area contributed by atoms with Gasteiger partial charge in [-0.05, 0) is 12.1 Å². The quantitative estimate of drug-likeness (QED) is 0.721. The predicted octanol–water partition coefficient (Wildman–Crippen LogP) is 2.32. The molecule has 0 fully saturated rings. The van der Waals surface area contributed by atoms with E-state index in [0.29, 0.717) is 5.69 Å². The van der Waals surface area contributed by atoms with E-state index in [4.69, 9.17) is 5.11 Å². The number of anilines is 1. The largest absolute Gasteiger partial charge is 0.465 e. The lowest BCUT2D eigenvalue weighted by atomic mass is 10.1. The SMILES string of the molecule is O=C(O)Nc1cccc2cnccc12. The van der Waals surface area contributed by atoms with Crippen LogP contribution in [0, 0.1) is 0 Å². The van der Waals surface area contributed by atoms with Crippen LogP contribution in [-0.2, 0) is 0 Å². The van der Waals surface area contributed by atoms with Crippen molar-refractivity contribution in [3.05, 3.63) is 36.7 Å². The maximum Gasteiger partial charge on any atom is 0.409 e. The summed E-state index contributed by atoms with van der Waals surface area (Å²) in [5.74, 6) is 0. The Morgan fingerprint density at radius 1 is 1.36 bits per heavy atom. The van der Waals surface area contributed by atoms with Crippen LogP contribution in [0.1, 0.15) is 0 Å². The van der Waals surface area contributed by atoms with Crippen LogP contribution in [-0.4, -0.2) is 16.2 Å². The highest BCUT2D eigenvalue weighted by molar-refractivity contribution is 5.99. The van der Waals surface area contributed by atoms with Crippen LogP contribution in [0.2, 0.25) is 0 Å². The van der Waals surface area contributed by atoms with Crippen molar-refractivity contribution in [3.8, 4) is 0 Å². The number of pyridine rings is 1. The Morgan fingerprint density at radius 3 is 3.00 bits per heavy atom. The molecule has 1 aromatic heterocycles. The lowest BCUT2D eigenvalue weighted by molar-refractivity contribution is 0.210. The molecule has 4 heteroatoms. The third-order valence-electron chi connectivity index (χ3n) is 1.92. The fraction of sp³-hybridized carbons (Fsp3) is 0. The molecule has 70 valence electrons. The van der Waals surface area contributed by atoms with Gasteiger partial charge in [-0.25, -0.2) is 4.79 Å². The Labute approximate surface area is 80.2 Å². The first-order valence-electron chi connectivity index (χ1n) is 4.10. The van der Waals surface area contributed by atoms with Gasteiger partial charge in [-0.15, -0.1) is 0 Å². The molecule has 0 aliphatic heterocycles. The Bertz CT molecular complexity index is 477. The number of carbonyl (C=O) groups is 1. The van der Waals surface area contributed by atoms with E-state index in [1.54, 1.807) is 30.6 Å². The summed E-state index contributed by atoms with van der Waals surface area (Å²) in [5, 5.41) is 12.7. The molecule has 2 rings (SSSR count). The van der Waals surface area contributed by atoms with Gasteiger partial charge >= 0.3 is 6.09 Å². The lowest BCUT2D eigenvalue weighted by Crippen LogP contribution is -2.07. The van der Waals surface area contributed by atoms with Crippen LogP contribution >= 0.6 is 0 Å². The zero-order valence-corrected chi connectivity index (χ0v) is 7.27. The molecule has 0 saturated heterocycles. The van der Waals surface area contributed by atoms with Crippen LogP contribution in [0.15, 0.2) is 36.7 Å². The van der Waals surface area contributed by atoms with Crippen molar-refractivity contribution in [2.75, 3.05) is 5.32 Å². The predicted molar refractivity (Wildman–Crippen MR) is 53.4 cm³/mol. The van der Waals surface area contributed by atoms with Gasteiger partial charge in [0, 0.05) is 23.2 Å². The van der Waals surface area contributed by atoms with Crippen molar-refractivity contribution < 1.29 is 9.90 Å². The fourth-order valence-electron chi connectivity index (χ4n) is 1.35. The van der Waals surface area contributed by atoms with Crippen LogP contribution in [0.4, 0.5) is 10.5 Å². The minimum Gasteiger partial charge on any atom is -0.465 e. The molecule has 1 heterocycles. The van der Waals surface area contributed by atoms with Crippen molar-refractivity contribution >= 4 is 22.6 Å². The maximum absolute atomic E-state index is 10.5. The zero-order chi connectivity index (χ0) is 9.97. The number of nitrogens with one attached hydrogen (secondary N) is 1. The summed E-state index contributed by atoms with van der Waals surface area (Å²) in [7, 11) is 0. The topological polar surface area (TPSA) is 62.2 Å². The molecule has 0 aliphatic rings. The normalized spacial score (nSPS) is 10.0. The van der Waals surface area contributed by atoms with E-state index < -0.39 is 6.09 Å². The maximum atomic E-state index is 10.5. The third-order valence-corrected chi connectivity index (χ3v) is 1.92. The second kappa shape index (κ2) is 3.33. The molecular formula is C10H8N2O2. The first-order valence-corrected chi connectivity index (χ1v) is 4.10. The Hall–Kier alpha value is -2.10. The highest BCUT2D eigenvalue weighted by atomic mass is 16.4. The first-order chi connectivity index (χ1) is 6.77. The van der Waals surface area contributed by atoms with Crippen molar-refractivity contribution in [1.29, 1.82) is 0 Å². The highest BCUT2D eigenvalue weighted by Gasteiger charge is 2.02. The van der Waals surface area contributed by atoms with Crippen molar-refractivity contribution in [2.24, 2.45) is 0 Å². The summed E-state index contributed by atoms with van der Waals surface area (Å²) in [4.78, 5) is 14.4. The van der Waals surface area contributed by atoms with Crippen molar-refractivity contribution in [1.82, 2.24) is 4.98 Å². The molecule has 0 radical (unpaired) electrons. The second-order valence-electron chi connectivity index (χ2n) is 2.83. The van der Waals surface area contributed by atoms with Gasteiger partial charge in [0.15, 0.2) is 0 Å². The molecule has 2 aromatic rings. The number of aromatic nitrogens is 1. The minimum atomic E-state index is -1.06. The summed E-state index contributed by atoms with van der Waals surface area (Å²) >= 11 is 0. The van der Waals surface area contributed by atoms with Crippen LogP contribution in [0.25, 0.3) is 10.8 Å². The molecule has 0 saturated carbocycles. The number of benzene rings is 1. The molecule has 0 atom stereocenters. The smallest absolute Gasteiger partial charge is 0.409 e. The second-order valence-corrected chi connectivity index (χ2v) is 2.83. The first kappa shape index (κ1) is 8.50. The molecule has 0 aliphatic carbocycles. The lowest BCUT2D eigenvalue weighted by Gasteiger charge is -2.04. The Balaban J connectivity index is 2.59. The summed E-state index contributed by atoms with van der Waals surface area (Å²) in [6.07, 6.45) is 2.27. The average Bonchev–Trinajstić information content (AvgIpc) is 2.18. The van der Waals surface area contributed by atoms with Gasteiger partial charge in [0.1, 0.15) is 0 Å². The number of fused-ring (bicyclic) bond motifs is 1. The summed E-state index contributed by atoms with van der Waals surface area (Å²) < 4.78 is 0. The van der Waals surface area contributed by atoms with E-state index >= 15 is 0 Å². The standard InChI is InChI=1S/C10H8N2O2/c13-10(14)12-9-3-1-2-7-6-11-5-4-8(7)9/h1-6,12H,(H,13,14). The van der Waals surface area contributed by atoms with E-state index in [1.165, 1.54) is 0 Å². The summed E-state index contributed by atoms with van der Waals surface area (Å²) in [5.41, 5.74) is 0.581. The van der Waals surface area contributed by atoms with Crippen LogP contribution in [0.5, 0.6) is 0 Å². The minimum absolute atomic E-state index is 0.581. The molecular weight excluding hydrogens is 180 g/mol. The van der Waals surface area contributed by atoms with E-state index in [2.05, 4.69) is 10.3 Å². The molecule has 1 aromatic carbocycles. The zero-order valence-electron chi connectivity index (χ0n) is 7.27. The third kappa shape index (κ3) is 1.50. The fourth-order valence-corrected chi connectivity index (χ4v) is 1.35. The number of amides is 1. The number of nitrogens with zero attached hydrogens (tertiary/aromatic N) is 1. The summed E-state index contributed by atoms with van der Waals surface area (Å²) in [6.45, 7) is 0. The van der Waals surface area contributed by atoms with E-state index in [9.17, 15) is 4.79 Å². The number of carboxylic acid groups (broad SMARTS) is 1. The monoisotopic (exact) mass is 188 g/mol. The molecule has 2 N–H and O–H groups in total. The Kier molecular flexibility index (Phi) is 2.02. The van der Waals surface area contributed by atoms with Gasteiger partial charge in [0.05, 0.1) is 5.69 Å². The van der Waals surface area contributed by atoms with Gasteiger partial charge in [-0.3, -0.25) is 10.3 Å². The van der Waals surface area contributed by atoms with E-state index in [1.807, 2.05) is 6.07 Å². The molecule has 1 amide bonds. The number of rotatable bonds is 1. The molecule has 0 unspecified atom stereocenters. The van der Waals surface area contributed by atoms with Gasteiger partial charge in [0.2, 0.25) is 0 Å². The summed E-state index contributed by atoms with van der Waals surface area (Å²) in [6, 6.07) is 7.17. The van der Waals surface area contributed by atoms with E-state index in [0.717, 1.165) is 10.8 Å². The van der Waals surface area contributed by atoms with Gasteiger partial charge in [-0.2, -0.15) is 0 Å². The van der Waals surface area contributed by atoms with Gasteiger partial charge in [0.25, 0.3) is 0 Å². The van der Waals surface area contributed by atoms with E-state index in [-0.39, 0.29) is 0 Å². The van der Waals surface area contributed by atoms with Crippen molar-refractivity contribution in [2.45, 2.75) is 0 Å². The highest BCUT2D eigenvalue weighted by Crippen LogP contribution is 2.21. The molecule has 4 nitrogen and oxygen atoms in total. The van der Waals surface area contributed by atoms with Crippen LogP contribution in [0.3, 0.4) is 0 Å². The average molecular weight is 188 g/mol.